The fraction of sp³-hybridized carbons (Fsp3) is 0.286. The number of hydrogen-bond acceptors (Lipinski definition) is 4. The van der Waals surface area contributed by atoms with Crippen molar-refractivity contribution in [2.45, 2.75) is 6.92 Å². The van der Waals surface area contributed by atoms with Gasteiger partial charge >= 0.3 is 0 Å². The van der Waals surface area contributed by atoms with Crippen LogP contribution in [0.15, 0.2) is 59.2 Å². The average molecular weight is 244 g/mol. The van der Waals surface area contributed by atoms with Gasteiger partial charge in [-0.2, -0.15) is 0 Å². The lowest BCUT2D eigenvalue weighted by Crippen LogP contribution is -2.07. The topological polar surface area (TPSA) is 31.2 Å². The van der Waals surface area contributed by atoms with Gasteiger partial charge in [-0.3, -0.25) is 0 Å². The van der Waals surface area contributed by atoms with E-state index in [1.54, 1.807) is 0 Å². The van der Waals surface area contributed by atoms with E-state index in [2.05, 4.69) is 16.8 Å². The summed E-state index contributed by atoms with van der Waals surface area (Å²) in [5, 5.41) is 8.22. The fourth-order valence-corrected chi connectivity index (χ4v) is 1.31. The van der Waals surface area contributed by atoms with Crippen molar-refractivity contribution in [3.05, 3.63) is 48.9 Å². The number of hydrogen-bond donors (Lipinski definition) is 0. The predicted octanol–water partition coefficient (Wildman–Crippen LogP) is 3.77. The van der Waals surface area contributed by atoms with Crippen molar-refractivity contribution in [2.75, 3.05) is 26.0 Å². The van der Waals surface area contributed by atoms with Crippen LogP contribution in [0, 0.1) is 0 Å². The Balaban J connectivity index is 2.70. The third kappa shape index (κ3) is 4.05. The van der Waals surface area contributed by atoms with Crippen LogP contribution in [0.2, 0.25) is 0 Å². The second kappa shape index (κ2) is 6.59. The molecule has 18 heavy (non-hydrogen) atoms. The molecule has 0 bridgehead atoms. The molecule has 0 unspecified atom stereocenters. The molecule has 0 spiro atoms. The second-order valence-electron chi connectivity index (χ2n) is 4.12. The van der Waals surface area contributed by atoms with E-state index in [0.29, 0.717) is 5.82 Å². The molecule has 1 aromatic carbocycles. The first-order chi connectivity index (χ1) is 8.54. The molecule has 0 heterocycles. The van der Waals surface area contributed by atoms with E-state index in [0.717, 1.165) is 11.4 Å². The summed E-state index contributed by atoms with van der Waals surface area (Å²) in [5.41, 5.74) is 1.95. The molecule has 1 aromatic rings. The molecule has 0 saturated heterocycles. The van der Waals surface area contributed by atoms with E-state index in [4.69, 9.17) is 0 Å². The zero-order valence-electron chi connectivity index (χ0n) is 11.5. The molecule has 0 aliphatic rings. The first-order valence-corrected chi connectivity index (χ1v) is 5.78. The normalized spacial score (nSPS) is 11.1. The van der Waals surface area contributed by atoms with Crippen LogP contribution in [-0.2, 0) is 0 Å². The smallest absolute Gasteiger partial charge is 0.147 e. The number of azo groups is 1. The lowest BCUT2D eigenvalue weighted by atomic mass is 10.3. The van der Waals surface area contributed by atoms with Crippen LogP contribution >= 0.6 is 0 Å². The molecule has 0 radical (unpaired) electrons. The van der Waals surface area contributed by atoms with Crippen molar-refractivity contribution in [3.8, 4) is 0 Å². The molecule has 0 aliphatic carbocycles. The van der Waals surface area contributed by atoms with Crippen molar-refractivity contribution in [1.82, 2.24) is 4.90 Å². The third-order valence-corrected chi connectivity index (χ3v) is 2.43. The highest BCUT2D eigenvalue weighted by atomic mass is 15.3. The van der Waals surface area contributed by atoms with Gasteiger partial charge in [0.2, 0.25) is 0 Å². The number of rotatable bonds is 5. The molecular weight excluding hydrogens is 224 g/mol. The van der Waals surface area contributed by atoms with Gasteiger partial charge in [0.05, 0.1) is 5.69 Å². The Morgan fingerprint density at radius 3 is 2.28 bits per heavy atom. The molecule has 1 rings (SSSR count). The maximum Gasteiger partial charge on any atom is 0.147 e. The Bertz CT molecular complexity index is 443. The fourth-order valence-electron chi connectivity index (χ4n) is 1.31. The number of anilines is 1. The number of benzene rings is 1. The van der Waals surface area contributed by atoms with E-state index in [1.807, 2.05) is 74.4 Å². The molecule has 0 atom stereocenters. The van der Waals surface area contributed by atoms with Crippen molar-refractivity contribution in [3.63, 3.8) is 0 Å². The van der Waals surface area contributed by atoms with Crippen LogP contribution in [0.3, 0.4) is 0 Å². The summed E-state index contributed by atoms with van der Waals surface area (Å²) in [6.45, 7) is 5.79. The van der Waals surface area contributed by atoms with Crippen LogP contribution in [0.5, 0.6) is 0 Å². The van der Waals surface area contributed by atoms with Crippen LogP contribution in [0.25, 0.3) is 0 Å². The maximum atomic E-state index is 4.14. The van der Waals surface area contributed by atoms with Crippen LogP contribution in [0.4, 0.5) is 11.4 Å². The van der Waals surface area contributed by atoms with E-state index in [-0.39, 0.29) is 0 Å². The second-order valence-corrected chi connectivity index (χ2v) is 4.12. The van der Waals surface area contributed by atoms with Gasteiger partial charge in [-0.15, -0.1) is 10.2 Å². The molecule has 0 saturated carbocycles. The van der Waals surface area contributed by atoms with E-state index in [1.165, 1.54) is 0 Å². The number of allylic oxidation sites excluding steroid dienone is 1. The quantitative estimate of drug-likeness (QED) is 0.738. The van der Waals surface area contributed by atoms with Crippen LogP contribution in [0.1, 0.15) is 6.92 Å². The summed E-state index contributed by atoms with van der Waals surface area (Å²) in [6, 6.07) is 7.88. The first kappa shape index (κ1) is 14.0. The molecule has 0 aromatic heterocycles. The zero-order valence-corrected chi connectivity index (χ0v) is 11.5. The van der Waals surface area contributed by atoms with Gasteiger partial charge in [0.1, 0.15) is 5.82 Å². The molecular formula is C14H20N4. The molecule has 96 valence electrons. The van der Waals surface area contributed by atoms with Crippen LogP contribution in [-0.4, -0.2) is 26.0 Å². The minimum Gasteiger partial charge on any atom is -0.378 e. The van der Waals surface area contributed by atoms with Crippen molar-refractivity contribution in [1.29, 1.82) is 0 Å². The Hall–Kier alpha value is -2.10. The Kier molecular flexibility index (Phi) is 5.11. The first-order valence-electron chi connectivity index (χ1n) is 5.78. The van der Waals surface area contributed by atoms with E-state index in [9.17, 15) is 0 Å². The average Bonchev–Trinajstić information content (AvgIpc) is 2.36. The zero-order chi connectivity index (χ0) is 13.5. The molecule has 0 aliphatic heterocycles. The highest BCUT2D eigenvalue weighted by Gasteiger charge is 1.97. The molecule has 4 heteroatoms. The van der Waals surface area contributed by atoms with Gasteiger partial charge in [-0.25, -0.2) is 0 Å². The lowest BCUT2D eigenvalue weighted by molar-refractivity contribution is 0.555. The predicted molar refractivity (Wildman–Crippen MR) is 77.0 cm³/mol. The van der Waals surface area contributed by atoms with Crippen molar-refractivity contribution >= 4 is 11.4 Å². The Morgan fingerprint density at radius 2 is 1.78 bits per heavy atom. The van der Waals surface area contributed by atoms with Gasteiger partial charge in [-0.1, -0.05) is 12.7 Å². The minimum absolute atomic E-state index is 0.602. The summed E-state index contributed by atoms with van der Waals surface area (Å²) in [7, 11) is 5.89. The summed E-state index contributed by atoms with van der Waals surface area (Å²) < 4.78 is 0. The van der Waals surface area contributed by atoms with Gasteiger partial charge < -0.3 is 9.80 Å². The molecule has 0 amide bonds. The summed E-state index contributed by atoms with van der Waals surface area (Å²) in [6.07, 6.45) is 3.81. The van der Waals surface area contributed by atoms with Gasteiger partial charge in [0.15, 0.2) is 0 Å². The molecule has 4 nitrogen and oxygen atoms in total. The Labute approximate surface area is 109 Å². The van der Waals surface area contributed by atoms with Gasteiger partial charge in [-0.05, 0) is 31.2 Å². The minimum atomic E-state index is 0.602. The molecule has 0 fully saturated rings. The van der Waals surface area contributed by atoms with Crippen LogP contribution < -0.4 is 4.90 Å². The Morgan fingerprint density at radius 1 is 1.17 bits per heavy atom. The number of nitrogens with zero attached hydrogens (tertiary/aromatic N) is 4. The van der Waals surface area contributed by atoms with Crippen molar-refractivity contribution in [2.24, 2.45) is 10.2 Å². The SMILES string of the molecule is C=C(/N=N/c1ccc(N(C)C)cc1)N(C)/C=C\C. The van der Waals surface area contributed by atoms with Gasteiger partial charge in [0.25, 0.3) is 0 Å². The molecule has 0 N–H and O–H groups in total. The lowest BCUT2D eigenvalue weighted by Gasteiger charge is -2.12. The van der Waals surface area contributed by atoms with Crippen molar-refractivity contribution < 1.29 is 0 Å². The van der Waals surface area contributed by atoms with E-state index >= 15 is 0 Å². The van der Waals surface area contributed by atoms with Gasteiger partial charge in [0, 0.05) is 33.0 Å². The van der Waals surface area contributed by atoms with E-state index < -0.39 is 0 Å². The monoisotopic (exact) mass is 244 g/mol. The summed E-state index contributed by atoms with van der Waals surface area (Å²) in [5.74, 6) is 0.602. The maximum absolute atomic E-state index is 4.14. The largest absolute Gasteiger partial charge is 0.378 e. The third-order valence-electron chi connectivity index (χ3n) is 2.43. The standard InChI is InChI=1S/C14H20N4/c1-6-11-18(5)12(2)15-16-13-7-9-14(10-8-13)17(3)4/h6-11H,2H2,1,3-5H3/b11-6-,16-15+. The highest BCUT2D eigenvalue weighted by Crippen LogP contribution is 2.19. The summed E-state index contributed by atoms with van der Waals surface area (Å²) >= 11 is 0. The highest BCUT2D eigenvalue weighted by molar-refractivity contribution is 5.51. The summed E-state index contributed by atoms with van der Waals surface area (Å²) in [4.78, 5) is 3.86.